The second-order valence-corrected chi connectivity index (χ2v) is 2.98. The summed E-state index contributed by atoms with van der Waals surface area (Å²) in [4.78, 5) is 21.7. The monoisotopic (exact) mass is 250 g/mol. The average Bonchev–Trinajstić information content (AvgIpc) is 2.69. The van der Waals surface area contributed by atoms with Gasteiger partial charge in [0.2, 0.25) is 5.78 Å². The molecule has 1 aliphatic rings. The molecule has 5 nitrogen and oxygen atoms in total. The minimum absolute atomic E-state index is 0. The van der Waals surface area contributed by atoms with E-state index in [1.54, 1.807) is 0 Å². The molecule has 0 unspecified atom stereocenters. The van der Waals surface area contributed by atoms with Crippen molar-refractivity contribution in [2.45, 2.75) is 47.8 Å². The Balaban J connectivity index is -0.000000653. The lowest BCUT2D eigenvalue weighted by Gasteiger charge is -2.07. The Morgan fingerprint density at radius 3 is 2.18 bits per heavy atom. The first-order valence-corrected chi connectivity index (χ1v) is 4.58. The van der Waals surface area contributed by atoms with Crippen LogP contribution in [0, 0.1) is 0 Å². The number of esters is 1. The molecule has 0 aromatic carbocycles. The number of rotatable bonds is 5. The van der Waals surface area contributed by atoms with Crippen molar-refractivity contribution in [3.63, 3.8) is 0 Å². The van der Waals surface area contributed by atoms with Crippen molar-refractivity contribution >= 4 is 11.8 Å². The summed E-state index contributed by atoms with van der Waals surface area (Å²) in [6.45, 7) is 1.21. The van der Waals surface area contributed by atoms with E-state index in [1.165, 1.54) is 7.11 Å². The van der Waals surface area contributed by atoms with Crippen LogP contribution in [-0.2, 0) is 23.8 Å². The van der Waals surface area contributed by atoms with Crippen LogP contribution in [0.1, 0.15) is 41.5 Å². The third kappa shape index (κ3) is 7.88. The van der Waals surface area contributed by atoms with Crippen LogP contribution in [0.25, 0.3) is 0 Å². The van der Waals surface area contributed by atoms with Gasteiger partial charge in [0.25, 0.3) is 0 Å². The second-order valence-electron chi connectivity index (χ2n) is 2.98. The summed E-state index contributed by atoms with van der Waals surface area (Å²) >= 11 is 0. The van der Waals surface area contributed by atoms with Crippen molar-refractivity contribution in [2.24, 2.45) is 0 Å². The quantitative estimate of drug-likeness (QED) is 0.553. The third-order valence-electron chi connectivity index (χ3n) is 1.95. The second kappa shape index (κ2) is 11.5. The maximum atomic E-state index is 11.0. The Morgan fingerprint density at radius 1 is 1.18 bits per heavy atom. The summed E-state index contributed by atoms with van der Waals surface area (Å²) in [6.07, 6.45) is 1.21. The highest BCUT2D eigenvalue weighted by molar-refractivity contribution is 6.33. The van der Waals surface area contributed by atoms with Crippen LogP contribution in [0.4, 0.5) is 0 Å². The van der Waals surface area contributed by atoms with Gasteiger partial charge in [-0.25, -0.2) is 4.79 Å². The normalized spacial score (nSPS) is 13.9. The van der Waals surface area contributed by atoms with Crippen molar-refractivity contribution < 1.29 is 23.8 Å². The van der Waals surface area contributed by atoms with Crippen LogP contribution in [0.2, 0.25) is 0 Å². The molecule has 1 aliphatic heterocycles. The van der Waals surface area contributed by atoms with E-state index in [4.69, 9.17) is 9.47 Å². The van der Waals surface area contributed by atoms with Crippen molar-refractivity contribution in [3.05, 3.63) is 0 Å². The molecule has 104 valence electrons. The predicted octanol–water partition coefficient (Wildman–Crippen LogP) is 2.18. The van der Waals surface area contributed by atoms with Crippen molar-refractivity contribution in [1.82, 2.24) is 0 Å². The fraction of sp³-hybridized carbons (Fsp3) is 0.833. The lowest BCUT2D eigenvalue weighted by atomic mass is 10.2. The Bertz CT molecular complexity index is 209. The van der Waals surface area contributed by atoms with Gasteiger partial charge in [-0.1, -0.05) is 22.3 Å². The molecule has 0 spiro atoms. The van der Waals surface area contributed by atoms with Gasteiger partial charge in [-0.15, -0.1) is 0 Å². The summed E-state index contributed by atoms with van der Waals surface area (Å²) < 4.78 is 14.6. The van der Waals surface area contributed by atoms with Gasteiger partial charge in [0.05, 0.1) is 20.3 Å². The van der Waals surface area contributed by atoms with E-state index in [-0.39, 0.29) is 35.0 Å². The van der Waals surface area contributed by atoms with Gasteiger partial charge in [0.15, 0.2) is 6.29 Å². The highest BCUT2D eigenvalue weighted by atomic mass is 16.7. The molecule has 0 amide bonds. The number of hydrogen-bond donors (Lipinski definition) is 0. The average molecular weight is 250 g/mol. The number of ketones is 1. The molecule has 0 atom stereocenters. The highest BCUT2D eigenvalue weighted by Crippen LogP contribution is 2.11. The molecule has 1 fully saturated rings. The molecule has 0 aliphatic carbocycles. The lowest BCUT2D eigenvalue weighted by molar-refractivity contribution is -0.151. The summed E-state index contributed by atoms with van der Waals surface area (Å²) in [5, 5.41) is 0. The minimum atomic E-state index is -0.779. The molecule has 0 radical (unpaired) electrons. The molecule has 0 bridgehead atoms. The van der Waals surface area contributed by atoms with Crippen LogP contribution in [0.3, 0.4) is 0 Å². The zero-order valence-corrected chi connectivity index (χ0v) is 8.15. The summed E-state index contributed by atoms with van der Waals surface area (Å²) in [7, 11) is 1.20. The van der Waals surface area contributed by atoms with Crippen LogP contribution in [0.15, 0.2) is 0 Å². The first-order chi connectivity index (χ1) is 6.74. The largest absolute Gasteiger partial charge is 0.463 e. The predicted molar refractivity (Wildman–Crippen MR) is 66.8 cm³/mol. The van der Waals surface area contributed by atoms with Gasteiger partial charge in [-0.2, -0.15) is 0 Å². The maximum absolute atomic E-state index is 11.0. The van der Waals surface area contributed by atoms with Gasteiger partial charge in [0, 0.05) is 6.42 Å². The van der Waals surface area contributed by atoms with Crippen LogP contribution in [0.5, 0.6) is 0 Å². The zero-order chi connectivity index (χ0) is 10.4. The van der Waals surface area contributed by atoms with Crippen molar-refractivity contribution in [1.29, 1.82) is 0 Å². The molecule has 0 aromatic rings. The molecule has 0 aromatic heterocycles. The Hall–Kier alpha value is -0.940. The van der Waals surface area contributed by atoms with Crippen LogP contribution in [-0.4, -0.2) is 38.4 Å². The maximum Gasteiger partial charge on any atom is 0.374 e. The number of Topliss-reactive ketones (excluding diaryl/α,β-unsaturated/α-hetero) is 1. The van der Waals surface area contributed by atoms with Gasteiger partial charge in [-0.05, 0) is 12.8 Å². The standard InChI is InChI=1S/C9H14O5.3CH4/c1-12-9(11)7(10)3-2-4-8-13-5-6-14-8;;;/h8H,2-6H2,1H3;3*1H4. The van der Waals surface area contributed by atoms with Gasteiger partial charge in [-0.3, -0.25) is 4.79 Å². The topological polar surface area (TPSA) is 61.8 Å². The molecule has 1 saturated heterocycles. The van der Waals surface area contributed by atoms with Gasteiger partial charge in [0.1, 0.15) is 0 Å². The SMILES string of the molecule is C.C.C.COC(=O)C(=O)CCCC1OCCO1. The smallest absolute Gasteiger partial charge is 0.374 e. The van der Waals surface area contributed by atoms with Gasteiger partial charge < -0.3 is 14.2 Å². The van der Waals surface area contributed by atoms with Crippen LogP contribution < -0.4 is 0 Å². The number of hydrogen-bond acceptors (Lipinski definition) is 5. The number of ether oxygens (including phenoxy) is 3. The number of methoxy groups -OCH3 is 1. The first-order valence-electron chi connectivity index (χ1n) is 4.58. The first kappa shape index (κ1) is 21.4. The third-order valence-corrected chi connectivity index (χ3v) is 1.95. The molecular weight excluding hydrogens is 224 g/mol. The number of carbonyl (C=O) groups excluding carboxylic acids is 2. The fourth-order valence-electron chi connectivity index (χ4n) is 1.22. The summed E-state index contributed by atoms with van der Waals surface area (Å²) in [5.41, 5.74) is 0. The van der Waals surface area contributed by atoms with E-state index in [1.807, 2.05) is 0 Å². The summed E-state index contributed by atoms with van der Waals surface area (Å²) in [6, 6.07) is 0. The molecule has 0 N–H and O–H groups in total. The van der Waals surface area contributed by atoms with E-state index in [9.17, 15) is 9.59 Å². The van der Waals surface area contributed by atoms with E-state index in [2.05, 4.69) is 4.74 Å². The Kier molecular flexibility index (Phi) is 14.5. The number of carbonyl (C=O) groups is 2. The Morgan fingerprint density at radius 2 is 1.71 bits per heavy atom. The molecule has 1 rings (SSSR count). The summed E-state index contributed by atoms with van der Waals surface area (Å²) in [5.74, 6) is -1.27. The molecule has 5 heteroatoms. The van der Waals surface area contributed by atoms with Crippen molar-refractivity contribution in [3.8, 4) is 0 Å². The van der Waals surface area contributed by atoms with Gasteiger partial charge >= 0.3 is 5.97 Å². The van der Waals surface area contributed by atoms with E-state index in [0.717, 1.165) is 0 Å². The Labute approximate surface area is 104 Å². The van der Waals surface area contributed by atoms with Crippen molar-refractivity contribution in [2.75, 3.05) is 20.3 Å². The van der Waals surface area contributed by atoms with E-state index < -0.39 is 11.8 Å². The van der Waals surface area contributed by atoms with E-state index >= 15 is 0 Å². The fourth-order valence-corrected chi connectivity index (χ4v) is 1.22. The molecule has 1 heterocycles. The van der Waals surface area contributed by atoms with E-state index in [0.29, 0.717) is 26.1 Å². The zero-order valence-electron chi connectivity index (χ0n) is 8.15. The lowest BCUT2D eigenvalue weighted by Crippen LogP contribution is -2.16. The molecular formula is C12H26O5. The highest BCUT2D eigenvalue weighted by Gasteiger charge is 2.18. The molecule has 0 saturated carbocycles. The van der Waals surface area contributed by atoms with Crippen LogP contribution >= 0.6 is 0 Å². The minimum Gasteiger partial charge on any atom is -0.463 e. The molecule has 17 heavy (non-hydrogen) atoms.